The molecular formula is C26H36ClF2N5O6S. The molecule has 2 heterocycles. The van der Waals surface area contributed by atoms with Gasteiger partial charge in [0.2, 0.25) is 10.0 Å². The van der Waals surface area contributed by atoms with Crippen LogP contribution in [0.3, 0.4) is 0 Å². The molecule has 228 valence electrons. The number of rotatable bonds is 11. The number of nitrogens with zero attached hydrogens (tertiary/aromatic N) is 3. The molecule has 4 atom stereocenters. The zero-order chi connectivity index (χ0) is 29.8. The van der Waals surface area contributed by atoms with E-state index in [0.29, 0.717) is 16.9 Å². The minimum atomic E-state index is -3.74. The third kappa shape index (κ3) is 8.39. The normalized spacial score (nSPS) is 18.5. The van der Waals surface area contributed by atoms with Crippen molar-refractivity contribution in [2.45, 2.75) is 63.3 Å². The molecule has 0 spiro atoms. The first kappa shape index (κ1) is 34.0. The number of aromatic nitrogens is 1. The number of halogens is 3. The van der Waals surface area contributed by atoms with E-state index in [2.05, 4.69) is 15.6 Å². The molecule has 1 saturated heterocycles. The Labute approximate surface area is 244 Å². The maximum atomic E-state index is 14.8. The SMILES string of the molecule is CCC(C)Nc1cc(C(=O)N[C@@H](Cc2ccccc2)C(O)[C@@H]2N(C(=O)O)CCC2(F)F)cc(N(C)S(C)(=O)=O)n1.Cl. The van der Waals surface area contributed by atoms with Gasteiger partial charge in [-0.05, 0) is 37.5 Å². The van der Waals surface area contributed by atoms with E-state index in [0.717, 1.165) is 10.6 Å². The Bertz CT molecular complexity index is 1320. The highest BCUT2D eigenvalue weighted by Gasteiger charge is 2.56. The van der Waals surface area contributed by atoms with Gasteiger partial charge in [-0.3, -0.25) is 14.0 Å². The van der Waals surface area contributed by atoms with Crippen LogP contribution in [-0.2, 0) is 16.4 Å². The summed E-state index contributed by atoms with van der Waals surface area (Å²) in [5, 5.41) is 26.3. The number of anilines is 2. The molecule has 15 heteroatoms. The van der Waals surface area contributed by atoms with Crippen LogP contribution in [0, 0.1) is 0 Å². The molecule has 1 aromatic heterocycles. The van der Waals surface area contributed by atoms with Gasteiger partial charge in [-0.15, -0.1) is 12.4 Å². The van der Waals surface area contributed by atoms with Crippen LogP contribution in [0.4, 0.5) is 25.2 Å². The van der Waals surface area contributed by atoms with Crippen LogP contribution in [0.1, 0.15) is 42.6 Å². The molecular weight excluding hydrogens is 584 g/mol. The fraction of sp³-hybridized carbons (Fsp3) is 0.500. The van der Waals surface area contributed by atoms with Gasteiger partial charge in [0.05, 0.1) is 12.3 Å². The Morgan fingerprint density at radius 2 is 1.88 bits per heavy atom. The number of aliphatic hydroxyl groups excluding tert-OH is 1. The number of hydrogen-bond acceptors (Lipinski definition) is 7. The van der Waals surface area contributed by atoms with Crippen LogP contribution >= 0.6 is 12.4 Å². The Kier molecular flexibility index (Phi) is 11.3. The number of alkyl halides is 2. The number of aliphatic hydroxyl groups is 1. The van der Waals surface area contributed by atoms with E-state index in [1.54, 1.807) is 30.3 Å². The van der Waals surface area contributed by atoms with Gasteiger partial charge in [-0.25, -0.2) is 27.0 Å². The standard InChI is InChI=1S/C26H35F2N5O6S.ClH/c1-5-16(2)29-20-14-18(15-21(31-20)32(3)40(4,38)39)24(35)30-19(13-17-9-7-6-8-10-17)22(34)23-26(27,28)11-12-33(23)25(36)37;/h6-10,14-16,19,22-23,34H,5,11-13H2,1-4H3,(H,29,31)(H,30,35)(H,36,37);1H/t16?,19-,22?,23-;/m0./s1. The van der Waals surface area contributed by atoms with Crippen molar-refractivity contribution in [3.8, 4) is 0 Å². The summed E-state index contributed by atoms with van der Waals surface area (Å²) in [5.74, 6) is -4.15. The second kappa shape index (κ2) is 13.6. The van der Waals surface area contributed by atoms with E-state index in [9.17, 15) is 37.0 Å². The summed E-state index contributed by atoms with van der Waals surface area (Å²) in [5.41, 5.74) is 0.575. The number of carbonyl (C=O) groups excluding carboxylic acids is 1. The van der Waals surface area contributed by atoms with Crippen molar-refractivity contribution in [3.63, 3.8) is 0 Å². The molecule has 0 radical (unpaired) electrons. The Balaban J connectivity index is 0.00000588. The maximum Gasteiger partial charge on any atom is 0.407 e. The lowest BCUT2D eigenvalue weighted by Gasteiger charge is -2.35. The van der Waals surface area contributed by atoms with Crippen molar-refractivity contribution in [1.82, 2.24) is 15.2 Å². The zero-order valence-electron chi connectivity index (χ0n) is 23.1. The van der Waals surface area contributed by atoms with Gasteiger partial charge in [0.15, 0.2) is 0 Å². The highest BCUT2D eigenvalue weighted by Crippen LogP contribution is 2.37. The number of pyridine rings is 1. The van der Waals surface area contributed by atoms with Crippen molar-refractivity contribution < 1.29 is 37.0 Å². The zero-order valence-corrected chi connectivity index (χ0v) is 24.8. The van der Waals surface area contributed by atoms with Gasteiger partial charge in [0.1, 0.15) is 23.8 Å². The number of sulfonamides is 1. The van der Waals surface area contributed by atoms with E-state index in [-0.39, 0.29) is 42.1 Å². The van der Waals surface area contributed by atoms with E-state index < -0.39 is 59.1 Å². The first-order chi connectivity index (χ1) is 18.6. The van der Waals surface area contributed by atoms with Crippen LogP contribution in [-0.4, -0.2) is 90.5 Å². The highest BCUT2D eigenvalue weighted by molar-refractivity contribution is 7.92. The lowest BCUT2D eigenvalue weighted by molar-refractivity contribution is -0.0839. The summed E-state index contributed by atoms with van der Waals surface area (Å²) in [7, 11) is -2.46. The molecule has 11 nitrogen and oxygen atoms in total. The lowest BCUT2D eigenvalue weighted by atomic mass is 9.93. The third-order valence-electron chi connectivity index (χ3n) is 6.95. The number of likely N-dealkylation sites (tertiary alicyclic amines) is 1. The van der Waals surface area contributed by atoms with E-state index in [1.165, 1.54) is 19.2 Å². The topological polar surface area (TPSA) is 152 Å². The first-order valence-electron chi connectivity index (χ1n) is 12.8. The smallest absolute Gasteiger partial charge is 0.407 e. The van der Waals surface area contributed by atoms with Crippen LogP contribution in [0.2, 0.25) is 0 Å². The molecule has 2 aromatic rings. The predicted octanol–water partition coefficient (Wildman–Crippen LogP) is 3.20. The fourth-order valence-electron chi connectivity index (χ4n) is 4.44. The molecule has 1 aromatic carbocycles. The molecule has 0 saturated carbocycles. The molecule has 3 rings (SSSR count). The largest absolute Gasteiger partial charge is 0.465 e. The van der Waals surface area contributed by atoms with Gasteiger partial charge in [0, 0.05) is 31.6 Å². The summed E-state index contributed by atoms with van der Waals surface area (Å²) >= 11 is 0. The van der Waals surface area contributed by atoms with E-state index >= 15 is 0 Å². The molecule has 1 aliphatic rings. The van der Waals surface area contributed by atoms with Gasteiger partial charge in [0.25, 0.3) is 11.8 Å². The molecule has 41 heavy (non-hydrogen) atoms. The summed E-state index contributed by atoms with van der Waals surface area (Å²) in [6.45, 7) is 3.33. The second-order valence-corrected chi connectivity index (χ2v) is 12.0. The number of carbonyl (C=O) groups is 2. The van der Waals surface area contributed by atoms with Crippen LogP contribution < -0.4 is 14.9 Å². The van der Waals surface area contributed by atoms with Gasteiger partial charge in [-0.2, -0.15) is 0 Å². The first-order valence-corrected chi connectivity index (χ1v) is 14.6. The highest BCUT2D eigenvalue weighted by atomic mass is 35.5. The van der Waals surface area contributed by atoms with E-state index in [4.69, 9.17) is 0 Å². The molecule has 2 amide bonds. The average Bonchev–Trinajstić information content (AvgIpc) is 3.22. The molecule has 4 N–H and O–H groups in total. The summed E-state index contributed by atoms with van der Waals surface area (Å²) < 4.78 is 54.9. The monoisotopic (exact) mass is 619 g/mol. The van der Waals surface area contributed by atoms with E-state index in [1.807, 2.05) is 13.8 Å². The number of nitrogens with one attached hydrogen (secondary N) is 2. The number of amides is 2. The second-order valence-electron chi connectivity index (χ2n) is 9.98. The van der Waals surface area contributed by atoms with Crippen molar-refractivity contribution in [1.29, 1.82) is 0 Å². The Morgan fingerprint density at radius 1 is 1.24 bits per heavy atom. The molecule has 0 bridgehead atoms. The lowest BCUT2D eigenvalue weighted by Crippen LogP contribution is -2.58. The number of benzene rings is 1. The van der Waals surface area contributed by atoms with Crippen molar-refractivity contribution in [2.75, 3.05) is 29.5 Å². The number of carboxylic acid groups (broad SMARTS) is 1. The maximum absolute atomic E-state index is 14.8. The average molecular weight is 620 g/mol. The van der Waals surface area contributed by atoms with Crippen LogP contribution in [0.15, 0.2) is 42.5 Å². The fourth-order valence-corrected chi connectivity index (χ4v) is 4.87. The van der Waals surface area contributed by atoms with Gasteiger partial charge in [-0.1, -0.05) is 37.3 Å². The Morgan fingerprint density at radius 3 is 2.44 bits per heavy atom. The Hall–Kier alpha value is -3.23. The van der Waals surface area contributed by atoms with Crippen molar-refractivity contribution in [2.24, 2.45) is 0 Å². The summed E-state index contributed by atoms with van der Waals surface area (Å²) in [6.07, 6.45) is -2.72. The third-order valence-corrected chi connectivity index (χ3v) is 8.13. The molecule has 0 aliphatic carbocycles. The minimum Gasteiger partial charge on any atom is -0.465 e. The quantitative estimate of drug-likeness (QED) is 0.299. The van der Waals surface area contributed by atoms with Crippen molar-refractivity contribution in [3.05, 3.63) is 53.6 Å². The number of hydrogen-bond donors (Lipinski definition) is 4. The molecule has 2 unspecified atom stereocenters. The van der Waals surface area contributed by atoms with Crippen LogP contribution in [0.5, 0.6) is 0 Å². The molecule has 1 aliphatic heterocycles. The summed E-state index contributed by atoms with van der Waals surface area (Å²) in [6, 6.07) is 7.69. The van der Waals surface area contributed by atoms with Crippen LogP contribution in [0.25, 0.3) is 0 Å². The summed E-state index contributed by atoms with van der Waals surface area (Å²) in [4.78, 5) is 30.0. The minimum absolute atomic E-state index is 0. The van der Waals surface area contributed by atoms with Crippen molar-refractivity contribution >= 4 is 46.1 Å². The molecule has 1 fully saturated rings. The van der Waals surface area contributed by atoms with Gasteiger partial charge >= 0.3 is 6.09 Å². The predicted molar refractivity (Wildman–Crippen MR) is 154 cm³/mol. The van der Waals surface area contributed by atoms with Gasteiger partial charge < -0.3 is 20.8 Å².